The molecule has 5 nitrogen and oxygen atoms in total. The SMILES string of the molecule is CN(C)c1cccc(C(=O)NCC(O)(c2ccco2)c2cccs2)c1. The average Bonchev–Trinajstić information content (AvgIpc) is 3.33. The lowest BCUT2D eigenvalue weighted by atomic mass is 9.98. The highest BCUT2D eigenvalue weighted by Gasteiger charge is 2.36. The summed E-state index contributed by atoms with van der Waals surface area (Å²) in [7, 11) is 3.84. The van der Waals surface area contributed by atoms with Gasteiger partial charge in [-0.25, -0.2) is 0 Å². The monoisotopic (exact) mass is 356 g/mol. The molecule has 0 fully saturated rings. The molecule has 0 aliphatic carbocycles. The van der Waals surface area contributed by atoms with E-state index in [2.05, 4.69) is 5.32 Å². The van der Waals surface area contributed by atoms with Crippen molar-refractivity contribution in [2.45, 2.75) is 5.60 Å². The Kier molecular flexibility index (Phi) is 4.92. The molecule has 2 heterocycles. The zero-order valence-corrected chi connectivity index (χ0v) is 14.9. The first-order valence-corrected chi connectivity index (χ1v) is 8.74. The van der Waals surface area contributed by atoms with Gasteiger partial charge in [0.15, 0.2) is 5.60 Å². The zero-order valence-electron chi connectivity index (χ0n) is 14.1. The van der Waals surface area contributed by atoms with Gasteiger partial charge in [-0.15, -0.1) is 11.3 Å². The maximum Gasteiger partial charge on any atom is 0.251 e. The Morgan fingerprint density at radius 2 is 2.08 bits per heavy atom. The van der Waals surface area contributed by atoms with E-state index in [1.54, 1.807) is 18.2 Å². The first-order valence-electron chi connectivity index (χ1n) is 7.86. The van der Waals surface area contributed by atoms with Gasteiger partial charge < -0.3 is 19.7 Å². The van der Waals surface area contributed by atoms with E-state index in [-0.39, 0.29) is 12.5 Å². The van der Waals surface area contributed by atoms with Gasteiger partial charge in [0.25, 0.3) is 5.91 Å². The van der Waals surface area contributed by atoms with E-state index in [4.69, 9.17) is 4.42 Å². The topological polar surface area (TPSA) is 65.7 Å². The largest absolute Gasteiger partial charge is 0.466 e. The van der Waals surface area contributed by atoms with Crippen LogP contribution in [-0.2, 0) is 5.60 Å². The number of hydrogen-bond donors (Lipinski definition) is 2. The van der Waals surface area contributed by atoms with Crippen LogP contribution < -0.4 is 10.2 Å². The maximum atomic E-state index is 12.5. The van der Waals surface area contributed by atoms with E-state index in [0.29, 0.717) is 16.2 Å². The summed E-state index contributed by atoms with van der Waals surface area (Å²) in [6.45, 7) is 0.0199. The molecule has 1 amide bonds. The second kappa shape index (κ2) is 7.13. The number of anilines is 1. The van der Waals surface area contributed by atoms with Crippen LogP contribution in [0.2, 0.25) is 0 Å². The van der Waals surface area contributed by atoms with Crippen molar-refractivity contribution in [3.05, 3.63) is 76.4 Å². The quantitative estimate of drug-likeness (QED) is 0.712. The first-order chi connectivity index (χ1) is 12.0. The number of nitrogens with one attached hydrogen (secondary N) is 1. The molecule has 2 N–H and O–H groups in total. The van der Waals surface area contributed by atoms with Crippen LogP contribution in [-0.4, -0.2) is 31.7 Å². The number of aliphatic hydroxyl groups is 1. The number of furan rings is 1. The third-order valence-electron chi connectivity index (χ3n) is 3.99. The molecule has 1 atom stereocenters. The molecule has 130 valence electrons. The molecule has 25 heavy (non-hydrogen) atoms. The van der Waals surface area contributed by atoms with Gasteiger partial charge in [0.05, 0.1) is 12.8 Å². The Bertz CT molecular complexity index is 792. The summed E-state index contributed by atoms with van der Waals surface area (Å²) in [5.74, 6) is 0.155. The summed E-state index contributed by atoms with van der Waals surface area (Å²) in [5.41, 5.74) is 0.0818. The molecule has 3 rings (SSSR count). The average molecular weight is 356 g/mol. The highest BCUT2D eigenvalue weighted by molar-refractivity contribution is 7.10. The molecule has 1 aromatic carbocycles. The standard InChI is InChI=1S/C19H20N2O3S/c1-21(2)15-7-3-6-14(12-15)18(22)20-13-19(23,16-8-4-10-24-16)17-9-5-11-25-17/h3-12,23H,13H2,1-2H3,(H,20,22). The van der Waals surface area contributed by atoms with E-state index in [9.17, 15) is 9.90 Å². The number of amides is 1. The van der Waals surface area contributed by atoms with Crippen LogP contribution in [0, 0.1) is 0 Å². The van der Waals surface area contributed by atoms with Crippen LogP contribution in [0.3, 0.4) is 0 Å². The molecule has 0 radical (unpaired) electrons. The molecular formula is C19H20N2O3S. The number of thiophene rings is 1. The van der Waals surface area contributed by atoms with Crippen LogP contribution >= 0.6 is 11.3 Å². The Morgan fingerprint density at radius 1 is 1.24 bits per heavy atom. The minimum Gasteiger partial charge on any atom is -0.466 e. The molecule has 0 bridgehead atoms. The summed E-state index contributed by atoms with van der Waals surface area (Å²) in [6.07, 6.45) is 1.51. The summed E-state index contributed by atoms with van der Waals surface area (Å²) in [6, 6.07) is 14.4. The van der Waals surface area contributed by atoms with Crippen LogP contribution in [0.15, 0.2) is 64.6 Å². The van der Waals surface area contributed by atoms with Crippen LogP contribution in [0.5, 0.6) is 0 Å². The Labute approximate surface area is 150 Å². The van der Waals surface area contributed by atoms with Gasteiger partial charge in [-0.3, -0.25) is 4.79 Å². The molecule has 2 aromatic heterocycles. The minimum atomic E-state index is -1.40. The molecule has 1 unspecified atom stereocenters. The predicted molar refractivity (Wildman–Crippen MR) is 99.1 cm³/mol. The molecular weight excluding hydrogens is 336 g/mol. The second-order valence-electron chi connectivity index (χ2n) is 5.94. The van der Waals surface area contributed by atoms with E-state index in [0.717, 1.165) is 5.69 Å². The lowest BCUT2D eigenvalue weighted by molar-refractivity contribution is 0.0554. The zero-order chi connectivity index (χ0) is 17.9. The van der Waals surface area contributed by atoms with Gasteiger partial charge in [-0.2, -0.15) is 0 Å². The van der Waals surface area contributed by atoms with Crippen molar-refractivity contribution in [2.24, 2.45) is 0 Å². The third-order valence-corrected chi connectivity index (χ3v) is 5.01. The molecule has 0 aliphatic rings. The summed E-state index contributed by atoms with van der Waals surface area (Å²) >= 11 is 1.41. The van der Waals surface area contributed by atoms with Crippen molar-refractivity contribution >= 4 is 22.9 Å². The fraction of sp³-hybridized carbons (Fsp3) is 0.211. The Balaban J connectivity index is 1.80. The van der Waals surface area contributed by atoms with Gasteiger partial charge in [-0.1, -0.05) is 12.1 Å². The van der Waals surface area contributed by atoms with E-state index >= 15 is 0 Å². The van der Waals surface area contributed by atoms with Gasteiger partial charge in [0.2, 0.25) is 0 Å². The van der Waals surface area contributed by atoms with E-state index < -0.39 is 5.60 Å². The van der Waals surface area contributed by atoms with Crippen LogP contribution in [0.25, 0.3) is 0 Å². The van der Waals surface area contributed by atoms with E-state index in [1.807, 2.05) is 54.7 Å². The first kappa shape index (κ1) is 17.3. The van der Waals surface area contributed by atoms with Crippen molar-refractivity contribution in [1.82, 2.24) is 5.32 Å². The third kappa shape index (κ3) is 3.60. The smallest absolute Gasteiger partial charge is 0.251 e. The Morgan fingerprint density at radius 3 is 2.72 bits per heavy atom. The van der Waals surface area contributed by atoms with Crippen molar-refractivity contribution in [3.8, 4) is 0 Å². The highest BCUT2D eigenvalue weighted by atomic mass is 32.1. The molecule has 3 aromatic rings. The summed E-state index contributed by atoms with van der Waals surface area (Å²) in [4.78, 5) is 15.2. The summed E-state index contributed by atoms with van der Waals surface area (Å²) in [5, 5.41) is 15.9. The van der Waals surface area contributed by atoms with E-state index in [1.165, 1.54) is 17.6 Å². The number of rotatable bonds is 6. The highest BCUT2D eigenvalue weighted by Crippen LogP contribution is 2.32. The van der Waals surface area contributed by atoms with Crippen molar-refractivity contribution < 1.29 is 14.3 Å². The lowest BCUT2D eigenvalue weighted by Gasteiger charge is -2.25. The molecule has 0 saturated carbocycles. The number of benzene rings is 1. The van der Waals surface area contributed by atoms with Gasteiger partial charge in [0.1, 0.15) is 5.76 Å². The fourth-order valence-corrected chi connectivity index (χ4v) is 3.39. The normalized spacial score (nSPS) is 13.2. The van der Waals surface area contributed by atoms with Gasteiger partial charge in [-0.05, 0) is 41.8 Å². The van der Waals surface area contributed by atoms with Crippen LogP contribution in [0.1, 0.15) is 21.0 Å². The minimum absolute atomic E-state index is 0.0199. The number of carbonyl (C=O) groups excluding carboxylic acids is 1. The lowest BCUT2D eigenvalue weighted by Crippen LogP contribution is -2.41. The number of hydrogen-bond acceptors (Lipinski definition) is 5. The molecule has 6 heteroatoms. The van der Waals surface area contributed by atoms with Crippen molar-refractivity contribution in [3.63, 3.8) is 0 Å². The van der Waals surface area contributed by atoms with Crippen molar-refractivity contribution in [1.29, 1.82) is 0 Å². The molecule has 0 spiro atoms. The predicted octanol–water partition coefficient (Wildman–Crippen LogP) is 3.07. The second-order valence-corrected chi connectivity index (χ2v) is 6.89. The summed E-state index contributed by atoms with van der Waals surface area (Å²) < 4.78 is 5.41. The number of carbonyl (C=O) groups is 1. The van der Waals surface area contributed by atoms with Crippen LogP contribution in [0.4, 0.5) is 5.69 Å². The number of nitrogens with zero attached hydrogens (tertiary/aromatic N) is 1. The molecule has 0 aliphatic heterocycles. The van der Waals surface area contributed by atoms with Gasteiger partial charge >= 0.3 is 0 Å². The molecule has 0 saturated heterocycles. The Hall–Kier alpha value is -2.57. The van der Waals surface area contributed by atoms with Gasteiger partial charge in [0, 0.05) is 30.2 Å². The van der Waals surface area contributed by atoms with Crippen molar-refractivity contribution in [2.75, 3.05) is 25.5 Å². The maximum absolute atomic E-state index is 12.5. The fourth-order valence-electron chi connectivity index (χ4n) is 2.56.